The molecule has 5 rings (SSSR count). The van der Waals surface area contributed by atoms with E-state index < -0.39 is 9.84 Å². The molecule has 190 valence electrons. The molecule has 0 amide bonds. The van der Waals surface area contributed by atoms with E-state index in [1.54, 1.807) is 31.4 Å². The van der Waals surface area contributed by atoms with Crippen molar-refractivity contribution in [2.45, 2.75) is 17.7 Å². The second-order valence-corrected chi connectivity index (χ2v) is 10.8. The van der Waals surface area contributed by atoms with E-state index in [0.29, 0.717) is 66.1 Å². The van der Waals surface area contributed by atoms with Crippen molar-refractivity contribution in [1.82, 2.24) is 9.97 Å². The fourth-order valence-corrected chi connectivity index (χ4v) is 5.21. The smallest absolute Gasteiger partial charge is 0.229 e. The molecule has 3 aromatic carbocycles. The van der Waals surface area contributed by atoms with Crippen LogP contribution in [-0.2, 0) is 14.6 Å². The normalized spacial score (nSPS) is 14.0. The summed E-state index contributed by atoms with van der Waals surface area (Å²) >= 11 is 0. The Kier molecular flexibility index (Phi) is 6.66. The van der Waals surface area contributed by atoms with Gasteiger partial charge < -0.3 is 20.3 Å². The van der Waals surface area contributed by atoms with E-state index in [4.69, 9.17) is 4.74 Å². The standard InChI is InChI=1S/C27H27N5O4S/c1-36-24-17-18(32-15-13-19(33)14-16-32)11-12-22(24)30-27-29-21-8-4-3-7-20(21)26(31-27)28-23-9-5-6-10-25(23)37(2,34)35/h3-12,17H,13-16H2,1-2H3,(H2,28,29,30,31). The highest BCUT2D eigenvalue weighted by Gasteiger charge is 2.19. The molecule has 0 radical (unpaired) electrons. The van der Waals surface area contributed by atoms with Gasteiger partial charge in [0.1, 0.15) is 17.4 Å². The third kappa shape index (κ3) is 5.34. The zero-order valence-electron chi connectivity index (χ0n) is 20.6. The number of ketones is 1. The minimum absolute atomic E-state index is 0.184. The summed E-state index contributed by atoms with van der Waals surface area (Å²) < 4.78 is 30.3. The SMILES string of the molecule is COc1cc(N2CCC(=O)CC2)ccc1Nc1nc(Nc2ccccc2S(C)(=O)=O)c2ccccc2n1. The molecule has 1 aliphatic rings. The molecule has 9 nitrogen and oxygen atoms in total. The fraction of sp³-hybridized carbons (Fsp3) is 0.222. The molecule has 0 saturated carbocycles. The van der Waals surface area contributed by atoms with E-state index in [0.717, 1.165) is 11.1 Å². The number of benzene rings is 3. The number of carbonyl (C=O) groups excluding carboxylic acids is 1. The van der Waals surface area contributed by atoms with E-state index in [-0.39, 0.29) is 4.90 Å². The molecular formula is C27H27N5O4S. The zero-order chi connectivity index (χ0) is 26.0. The summed E-state index contributed by atoms with van der Waals surface area (Å²) in [5, 5.41) is 7.19. The van der Waals surface area contributed by atoms with Crippen LogP contribution in [0, 0.1) is 0 Å². The number of anilines is 5. The van der Waals surface area contributed by atoms with Gasteiger partial charge in [0.25, 0.3) is 0 Å². The van der Waals surface area contributed by atoms with Gasteiger partial charge in [0.2, 0.25) is 5.95 Å². The van der Waals surface area contributed by atoms with Gasteiger partial charge in [-0.05, 0) is 36.4 Å². The molecule has 4 aromatic rings. The Hall–Kier alpha value is -4.18. The van der Waals surface area contributed by atoms with E-state index in [2.05, 4.69) is 25.5 Å². The largest absolute Gasteiger partial charge is 0.494 e. The molecule has 0 unspecified atom stereocenters. The van der Waals surface area contributed by atoms with Crippen molar-refractivity contribution in [2.24, 2.45) is 0 Å². The summed E-state index contributed by atoms with van der Waals surface area (Å²) in [6, 6.07) is 20.0. The maximum Gasteiger partial charge on any atom is 0.229 e. The number of hydrogen-bond acceptors (Lipinski definition) is 9. The number of methoxy groups -OCH3 is 1. The summed E-state index contributed by atoms with van der Waals surface area (Å²) in [6.45, 7) is 1.37. The molecule has 0 spiro atoms. The maximum atomic E-state index is 12.3. The van der Waals surface area contributed by atoms with Gasteiger partial charge in [0.05, 0.1) is 28.9 Å². The van der Waals surface area contributed by atoms with E-state index in [1.165, 1.54) is 6.26 Å². The zero-order valence-corrected chi connectivity index (χ0v) is 21.4. The highest BCUT2D eigenvalue weighted by molar-refractivity contribution is 7.90. The Morgan fingerprint density at radius 2 is 1.62 bits per heavy atom. The predicted molar refractivity (Wildman–Crippen MR) is 145 cm³/mol. The number of sulfone groups is 1. The molecule has 10 heteroatoms. The maximum absolute atomic E-state index is 12.3. The molecule has 2 heterocycles. The Morgan fingerprint density at radius 1 is 0.892 bits per heavy atom. The number of aromatic nitrogens is 2. The van der Waals surface area contributed by atoms with Crippen LogP contribution in [0.4, 0.5) is 28.8 Å². The summed E-state index contributed by atoms with van der Waals surface area (Å²) in [7, 11) is -1.85. The van der Waals surface area contributed by atoms with Crippen molar-refractivity contribution < 1.29 is 17.9 Å². The number of carbonyl (C=O) groups is 1. The molecule has 1 aromatic heterocycles. The molecule has 1 fully saturated rings. The summed E-state index contributed by atoms with van der Waals surface area (Å²) in [6.07, 6.45) is 2.27. The summed E-state index contributed by atoms with van der Waals surface area (Å²) in [5.41, 5.74) is 2.78. The van der Waals surface area contributed by atoms with Crippen molar-refractivity contribution in [1.29, 1.82) is 0 Å². The van der Waals surface area contributed by atoms with Gasteiger partial charge in [-0.15, -0.1) is 0 Å². The van der Waals surface area contributed by atoms with Gasteiger partial charge in [-0.3, -0.25) is 4.79 Å². The quantitative estimate of drug-likeness (QED) is 0.360. The van der Waals surface area contributed by atoms with Crippen molar-refractivity contribution in [2.75, 3.05) is 42.0 Å². The first-order valence-corrected chi connectivity index (χ1v) is 13.8. The number of para-hydroxylation sites is 2. The Bertz CT molecular complexity index is 1580. The van der Waals surface area contributed by atoms with Crippen molar-refractivity contribution in [3.05, 3.63) is 66.7 Å². The monoisotopic (exact) mass is 517 g/mol. The van der Waals surface area contributed by atoms with Gasteiger partial charge in [0.15, 0.2) is 9.84 Å². The predicted octanol–water partition coefficient (Wildman–Crippen LogP) is 4.70. The second-order valence-electron chi connectivity index (χ2n) is 8.84. The van der Waals surface area contributed by atoms with E-state index in [1.807, 2.05) is 42.5 Å². The van der Waals surface area contributed by atoms with Gasteiger partial charge >= 0.3 is 0 Å². The molecular weight excluding hydrogens is 490 g/mol. The molecule has 0 aliphatic carbocycles. The van der Waals surface area contributed by atoms with Gasteiger partial charge in [-0.1, -0.05) is 24.3 Å². The lowest BCUT2D eigenvalue weighted by molar-refractivity contribution is -0.119. The first-order valence-electron chi connectivity index (χ1n) is 11.9. The molecule has 0 atom stereocenters. The first-order chi connectivity index (χ1) is 17.8. The van der Waals surface area contributed by atoms with E-state index in [9.17, 15) is 13.2 Å². The van der Waals surface area contributed by atoms with E-state index >= 15 is 0 Å². The Balaban J connectivity index is 1.49. The highest BCUT2D eigenvalue weighted by atomic mass is 32.2. The van der Waals surface area contributed by atoms with Crippen LogP contribution in [0.2, 0.25) is 0 Å². The molecule has 1 saturated heterocycles. The minimum Gasteiger partial charge on any atom is -0.494 e. The second kappa shape index (κ2) is 10.1. The number of rotatable bonds is 7. The van der Waals surface area contributed by atoms with Crippen LogP contribution in [0.1, 0.15) is 12.8 Å². The number of piperidine rings is 1. The van der Waals surface area contributed by atoms with Crippen LogP contribution in [0.15, 0.2) is 71.6 Å². The number of ether oxygens (including phenoxy) is 1. The lowest BCUT2D eigenvalue weighted by Gasteiger charge is -2.28. The number of hydrogen-bond donors (Lipinski definition) is 2. The third-order valence-corrected chi connectivity index (χ3v) is 7.42. The number of nitrogens with one attached hydrogen (secondary N) is 2. The first kappa shape index (κ1) is 24.5. The number of nitrogens with zero attached hydrogens (tertiary/aromatic N) is 3. The van der Waals surface area contributed by atoms with Crippen molar-refractivity contribution >= 4 is 55.4 Å². The average Bonchev–Trinajstić information content (AvgIpc) is 2.89. The summed E-state index contributed by atoms with van der Waals surface area (Å²) in [4.78, 5) is 23.3. The van der Waals surface area contributed by atoms with Gasteiger partial charge in [-0.2, -0.15) is 4.98 Å². The Labute approximate surface area is 215 Å². The Morgan fingerprint density at radius 3 is 2.38 bits per heavy atom. The number of Topliss-reactive ketones (excluding diaryl/α,β-unsaturated/α-hetero) is 1. The lowest BCUT2D eigenvalue weighted by Crippen LogP contribution is -2.33. The number of fused-ring (bicyclic) bond motifs is 1. The van der Waals surface area contributed by atoms with Crippen molar-refractivity contribution in [3.63, 3.8) is 0 Å². The minimum atomic E-state index is -3.45. The van der Waals surface area contributed by atoms with Crippen LogP contribution in [-0.4, -0.2) is 50.6 Å². The van der Waals surface area contributed by atoms with Crippen LogP contribution >= 0.6 is 0 Å². The average molecular weight is 518 g/mol. The van der Waals surface area contributed by atoms with Crippen LogP contribution in [0.25, 0.3) is 10.9 Å². The third-order valence-electron chi connectivity index (χ3n) is 6.26. The summed E-state index contributed by atoms with van der Waals surface area (Å²) in [5.74, 6) is 1.70. The molecule has 1 aliphatic heterocycles. The molecule has 0 bridgehead atoms. The topological polar surface area (TPSA) is 114 Å². The molecule has 37 heavy (non-hydrogen) atoms. The lowest BCUT2D eigenvalue weighted by atomic mass is 10.1. The van der Waals surface area contributed by atoms with Crippen molar-refractivity contribution in [3.8, 4) is 5.75 Å². The van der Waals surface area contributed by atoms with Gasteiger partial charge in [-0.25, -0.2) is 13.4 Å². The van der Waals surface area contributed by atoms with Crippen LogP contribution < -0.4 is 20.3 Å². The van der Waals surface area contributed by atoms with Crippen LogP contribution in [0.3, 0.4) is 0 Å². The van der Waals surface area contributed by atoms with Crippen LogP contribution in [0.5, 0.6) is 5.75 Å². The fourth-order valence-electron chi connectivity index (χ4n) is 4.36. The molecule has 2 N–H and O–H groups in total. The highest BCUT2D eigenvalue weighted by Crippen LogP contribution is 2.34. The van der Waals surface area contributed by atoms with Gasteiger partial charge in [0, 0.05) is 49.3 Å².